The molecule has 0 saturated carbocycles. The number of hydrogen-bond acceptors (Lipinski definition) is 3. The third-order valence-electron chi connectivity index (χ3n) is 4.15. The second-order valence-electron chi connectivity index (χ2n) is 6.26. The van der Waals surface area contributed by atoms with E-state index in [1.165, 1.54) is 24.3 Å². The smallest absolute Gasteiger partial charge is 0.224 e. The first-order valence-corrected chi connectivity index (χ1v) is 9.20. The summed E-state index contributed by atoms with van der Waals surface area (Å²) in [6, 6.07) is 16.0. The summed E-state index contributed by atoms with van der Waals surface area (Å²) in [4.78, 5) is 8.44. The van der Waals surface area contributed by atoms with Crippen LogP contribution < -0.4 is 15.4 Å². The normalized spacial score (nSPS) is 11.2. The first-order chi connectivity index (χ1) is 14.1. The number of guanidine groups is 1. The van der Waals surface area contributed by atoms with E-state index < -0.39 is 0 Å². The second-order valence-corrected chi connectivity index (χ2v) is 6.26. The lowest BCUT2D eigenvalue weighted by molar-refractivity contribution is 0.450. The molecule has 2 N–H and O–H groups in total. The van der Waals surface area contributed by atoms with Gasteiger partial charge < -0.3 is 15.4 Å². The molecular weight excluding hydrogens is 374 g/mol. The highest BCUT2D eigenvalue weighted by molar-refractivity contribution is 5.79. The van der Waals surface area contributed by atoms with Gasteiger partial charge in [-0.1, -0.05) is 24.3 Å². The van der Waals surface area contributed by atoms with Crippen LogP contribution in [0.3, 0.4) is 0 Å². The summed E-state index contributed by atoms with van der Waals surface area (Å²) in [5, 5.41) is 6.42. The number of ether oxygens (including phenoxy) is 1. The van der Waals surface area contributed by atoms with Gasteiger partial charge in [0.05, 0.1) is 0 Å². The molecule has 7 heteroatoms. The van der Waals surface area contributed by atoms with E-state index in [1.807, 2.05) is 6.07 Å². The Morgan fingerprint density at radius 3 is 2.59 bits per heavy atom. The maximum absolute atomic E-state index is 13.4. The Morgan fingerprint density at radius 1 is 1.00 bits per heavy atom. The lowest BCUT2D eigenvalue weighted by Gasteiger charge is -2.14. The van der Waals surface area contributed by atoms with Crippen LogP contribution in [-0.2, 0) is 13.0 Å². The van der Waals surface area contributed by atoms with Gasteiger partial charge in [-0.3, -0.25) is 4.99 Å². The highest BCUT2D eigenvalue weighted by Crippen LogP contribution is 2.23. The minimum absolute atomic E-state index is 0.244. The standard InChI is InChI=1S/C22H22F2N4O/c1-25-22(27-13-11-16-7-9-18(23)10-8-16)28-15-17-4-3-12-26-21(17)29-20-6-2-5-19(24)14-20/h2-10,12,14H,11,13,15H2,1H3,(H2,25,27,28). The summed E-state index contributed by atoms with van der Waals surface area (Å²) >= 11 is 0. The van der Waals surface area contributed by atoms with Crippen molar-refractivity contribution < 1.29 is 13.5 Å². The lowest BCUT2D eigenvalue weighted by Crippen LogP contribution is -2.37. The largest absolute Gasteiger partial charge is 0.439 e. The molecule has 3 rings (SSSR count). The Hall–Kier alpha value is -3.48. The molecule has 29 heavy (non-hydrogen) atoms. The van der Waals surface area contributed by atoms with Gasteiger partial charge in [0.2, 0.25) is 5.88 Å². The molecule has 0 aliphatic heterocycles. The average molecular weight is 396 g/mol. The van der Waals surface area contributed by atoms with Crippen molar-refractivity contribution in [1.29, 1.82) is 0 Å². The van der Waals surface area contributed by atoms with E-state index >= 15 is 0 Å². The van der Waals surface area contributed by atoms with Crippen molar-refractivity contribution in [2.24, 2.45) is 4.99 Å². The molecule has 0 atom stereocenters. The summed E-state index contributed by atoms with van der Waals surface area (Å²) in [5.74, 6) is 0.780. The molecule has 0 unspecified atom stereocenters. The Balaban J connectivity index is 1.54. The zero-order chi connectivity index (χ0) is 20.5. The molecule has 2 aromatic carbocycles. The number of nitrogens with one attached hydrogen (secondary N) is 2. The van der Waals surface area contributed by atoms with Gasteiger partial charge >= 0.3 is 0 Å². The summed E-state index contributed by atoms with van der Waals surface area (Å²) in [5.41, 5.74) is 1.84. The van der Waals surface area contributed by atoms with Crippen molar-refractivity contribution in [2.75, 3.05) is 13.6 Å². The number of nitrogens with zero attached hydrogens (tertiary/aromatic N) is 2. The highest BCUT2D eigenvalue weighted by atomic mass is 19.1. The molecule has 1 aromatic heterocycles. The number of aromatic nitrogens is 1. The van der Waals surface area contributed by atoms with E-state index in [0.717, 1.165) is 17.5 Å². The molecule has 0 spiro atoms. The third-order valence-corrected chi connectivity index (χ3v) is 4.15. The summed E-state index contributed by atoms with van der Waals surface area (Å²) in [7, 11) is 1.68. The predicted octanol–water partition coefficient (Wildman–Crippen LogP) is 4.06. The Kier molecular flexibility index (Phi) is 7.10. The zero-order valence-electron chi connectivity index (χ0n) is 16.0. The van der Waals surface area contributed by atoms with Crippen LogP contribution in [0, 0.1) is 11.6 Å². The molecule has 0 radical (unpaired) electrons. The molecule has 0 fully saturated rings. The SMILES string of the molecule is CN=C(NCCc1ccc(F)cc1)NCc1cccnc1Oc1cccc(F)c1. The minimum Gasteiger partial charge on any atom is -0.439 e. The van der Waals surface area contributed by atoms with Crippen LogP contribution in [0.5, 0.6) is 11.6 Å². The highest BCUT2D eigenvalue weighted by Gasteiger charge is 2.08. The maximum atomic E-state index is 13.4. The number of benzene rings is 2. The van der Waals surface area contributed by atoms with Crippen LogP contribution in [0.15, 0.2) is 71.9 Å². The van der Waals surface area contributed by atoms with Crippen LogP contribution in [-0.4, -0.2) is 24.5 Å². The van der Waals surface area contributed by atoms with Crippen molar-refractivity contribution in [3.63, 3.8) is 0 Å². The number of rotatable bonds is 7. The van der Waals surface area contributed by atoms with E-state index in [0.29, 0.717) is 30.7 Å². The molecule has 0 amide bonds. The van der Waals surface area contributed by atoms with Gasteiger partial charge in [-0.05, 0) is 42.3 Å². The summed E-state index contributed by atoms with van der Waals surface area (Å²) in [6.45, 7) is 1.07. The van der Waals surface area contributed by atoms with Gasteiger partial charge in [0.25, 0.3) is 0 Å². The molecule has 3 aromatic rings. The van der Waals surface area contributed by atoms with Crippen LogP contribution in [0.4, 0.5) is 8.78 Å². The van der Waals surface area contributed by atoms with E-state index in [4.69, 9.17) is 4.74 Å². The minimum atomic E-state index is -0.371. The topological polar surface area (TPSA) is 58.5 Å². The van der Waals surface area contributed by atoms with Crippen molar-refractivity contribution in [3.05, 3.63) is 89.6 Å². The van der Waals surface area contributed by atoms with Gasteiger partial charge in [-0.2, -0.15) is 0 Å². The fourth-order valence-electron chi connectivity index (χ4n) is 2.67. The Bertz CT molecular complexity index is 961. The Morgan fingerprint density at radius 2 is 1.83 bits per heavy atom. The van der Waals surface area contributed by atoms with Gasteiger partial charge in [0, 0.05) is 38.0 Å². The first kappa shape index (κ1) is 20.3. The van der Waals surface area contributed by atoms with Gasteiger partial charge in [-0.15, -0.1) is 0 Å². The lowest BCUT2D eigenvalue weighted by atomic mass is 10.1. The molecule has 150 valence electrons. The number of aliphatic imine (C=N–C) groups is 1. The zero-order valence-corrected chi connectivity index (χ0v) is 16.0. The quantitative estimate of drug-likeness (QED) is 0.467. The van der Waals surface area contributed by atoms with Crippen LogP contribution in [0.2, 0.25) is 0 Å². The maximum Gasteiger partial charge on any atom is 0.224 e. The van der Waals surface area contributed by atoms with E-state index in [1.54, 1.807) is 43.6 Å². The monoisotopic (exact) mass is 396 g/mol. The number of halogens is 2. The van der Waals surface area contributed by atoms with Crippen molar-refractivity contribution in [1.82, 2.24) is 15.6 Å². The fourth-order valence-corrected chi connectivity index (χ4v) is 2.67. The van der Waals surface area contributed by atoms with Gasteiger partial charge in [0.1, 0.15) is 17.4 Å². The number of hydrogen-bond donors (Lipinski definition) is 2. The molecule has 0 aliphatic carbocycles. The fraction of sp³-hybridized carbons (Fsp3) is 0.182. The second kappa shape index (κ2) is 10.2. The van der Waals surface area contributed by atoms with Crippen molar-refractivity contribution in [3.8, 4) is 11.6 Å². The Labute approximate surface area is 168 Å². The molecular formula is C22H22F2N4O. The summed E-state index contributed by atoms with van der Waals surface area (Å²) in [6.07, 6.45) is 2.36. The molecule has 1 heterocycles. The van der Waals surface area contributed by atoms with E-state index in [2.05, 4.69) is 20.6 Å². The van der Waals surface area contributed by atoms with Crippen molar-refractivity contribution in [2.45, 2.75) is 13.0 Å². The van der Waals surface area contributed by atoms with Crippen LogP contribution in [0.25, 0.3) is 0 Å². The molecule has 5 nitrogen and oxygen atoms in total. The molecule has 0 aliphatic rings. The molecule has 0 bridgehead atoms. The van der Waals surface area contributed by atoms with Gasteiger partial charge in [-0.25, -0.2) is 13.8 Å². The number of pyridine rings is 1. The van der Waals surface area contributed by atoms with E-state index in [-0.39, 0.29) is 11.6 Å². The van der Waals surface area contributed by atoms with Crippen LogP contribution in [0.1, 0.15) is 11.1 Å². The first-order valence-electron chi connectivity index (χ1n) is 9.20. The van der Waals surface area contributed by atoms with E-state index in [9.17, 15) is 8.78 Å². The third kappa shape index (κ3) is 6.27. The average Bonchev–Trinajstić information content (AvgIpc) is 2.73. The molecule has 0 saturated heterocycles. The van der Waals surface area contributed by atoms with Gasteiger partial charge in [0.15, 0.2) is 5.96 Å². The van der Waals surface area contributed by atoms with Crippen molar-refractivity contribution >= 4 is 5.96 Å². The van der Waals surface area contributed by atoms with Crippen LogP contribution >= 0.6 is 0 Å². The predicted molar refractivity (Wildman–Crippen MR) is 109 cm³/mol. The summed E-state index contributed by atoms with van der Waals surface area (Å²) < 4.78 is 32.1.